The highest BCUT2D eigenvalue weighted by atomic mass is 31.2. The molecule has 4 amide bonds. The number of aromatic amines is 1. The Kier molecular flexibility index (Phi) is 38.4. The van der Waals surface area contributed by atoms with Crippen LogP contribution < -0.4 is 26.0 Å². The van der Waals surface area contributed by atoms with Crippen molar-refractivity contribution in [3.05, 3.63) is 65.9 Å². The second kappa shape index (κ2) is 44.1. The summed E-state index contributed by atoms with van der Waals surface area (Å²) in [5, 5.41) is 11.8. The van der Waals surface area contributed by atoms with Gasteiger partial charge in [-0.25, -0.2) is 4.57 Å². The smallest absolute Gasteiger partial charge is 0.472 e. The Labute approximate surface area is 481 Å². The average molecular weight is 1140 g/mol. The summed E-state index contributed by atoms with van der Waals surface area (Å²) in [5.74, 6) is -1.42. The van der Waals surface area contributed by atoms with Crippen molar-refractivity contribution in [1.82, 2.24) is 26.3 Å². The second-order valence-corrected chi connectivity index (χ2v) is 23.6. The third-order valence-corrected chi connectivity index (χ3v) is 16.1. The molecule has 3 rings (SSSR count). The molecule has 1 heterocycles. The molecule has 3 aromatic rings. The number of hydrogen-bond acceptors (Lipinski definition) is 9. The number of ketones is 1. The van der Waals surface area contributed by atoms with Gasteiger partial charge in [-0.3, -0.25) is 33.0 Å². The van der Waals surface area contributed by atoms with E-state index >= 15 is 0 Å². The van der Waals surface area contributed by atoms with Gasteiger partial charge in [0, 0.05) is 49.5 Å². The number of aromatic nitrogens is 1. The fraction of sp³-hybridized carbons (Fsp3) is 0.703. The van der Waals surface area contributed by atoms with E-state index in [1.54, 1.807) is 6.20 Å². The number of unbranched alkanes of at least 4 members (excludes halogenated alkanes) is 26. The summed E-state index contributed by atoms with van der Waals surface area (Å²) < 4.78 is 29.6. The summed E-state index contributed by atoms with van der Waals surface area (Å²) in [6.45, 7) is 7.43. The molecule has 6 N–H and O–H groups in total. The molecular weight excluding hydrogens is 1030 g/mol. The van der Waals surface area contributed by atoms with Gasteiger partial charge in [0.1, 0.15) is 30.2 Å². The average Bonchev–Trinajstić information content (AvgIpc) is 3.85. The minimum atomic E-state index is -4.78. The molecular formula is C64H106N5O10P. The molecule has 0 radical (unpaired) electrons. The van der Waals surface area contributed by atoms with E-state index in [0.29, 0.717) is 31.6 Å². The van der Waals surface area contributed by atoms with E-state index in [4.69, 9.17) is 13.8 Å². The number of amides is 4. The number of phosphoric acid groups is 1. The monoisotopic (exact) mass is 1140 g/mol. The molecule has 0 saturated carbocycles. The van der Waals surface area contributed by atoms with Gasteiger partial charge >= 0.3 is 7.82 Å². The molecule has 0 bridgehead atoms. The molecule has 0 fully saturated rings. The van der Waals surface area contributed by atoms with E-state index in [-0.39, 0.29) is 55.9 Å². The topological polar surface area (TPSA) is 214 Å². The second-order valence-electron chi connectivity index (χ2n) is 22.2. The van der Waals surface area contributed by atoms with Gasteiger partial charge in [0.25, 0.3) is 0 Å². The maximum atomic E-state index is 13.5. The van der Waals surface area contributed by atoms with Crippen molar-refractivity contribution >= 4 is 48.1 Å². The normalized spacial score (nSPS) is 13.3. The zero-order valence-corrected chi connectivity index (χ0v) is 50.8. The number of H-pyrrole nitrogens is 1. The largest absolute Gasteiger partial charge is 0.489 e. The van der Waals surface area contributed by atoms with E-state index < -0.39 is 44.9 Å². The summed E-state index contributed by atoms with van der Waals surface area (Å²) in [6, 6.07) is 13.3. The lowest BCUT2D eigenvalue weighted by atomic mass is 9.98. The zero-order valence-electron chi connectivity index (χ0n) is 49.9. The van der Waals surface area contributed by atoms with Crippen LogP contribution in [0.5, 0.6) is 5.75 Å². The number of nitrogens with one attached hydrogen (secondary N) is 5. The number of carbonyl (C=O) groups excluding carboxylic acids is 5. The number of phosphoric ester groups is 1. The van der Waals surface area contributed by atoms with Crippen molar-refractivity contribution in [2.24, 2.45) is 5.92 Å². The van der Waals surface area contributed by atoms with Gasteiger partial charge in [0.2, 0.25) is 23.6 Å². The lowest BCUT2D eigenvalue weighted by Gasteiger charge is -2.24. The molecule has 0 aliphatic rings. The number of rotatable bonds is 51. The highest BCUT2D eigenvalue weighted by Gasteiger charge is 2.29. The Morgan fingerprint density at radius 2 is 1.11 bits per heavy atom. The van der Waals surface area contributed by atoms with Crippen LogP contribution in [0.3, 0.4) is 0 Å². The molecule has 4 atom stereocenters. The van der Waals surface area contributed by atoms with Crippen molar-refractivity contribution in [3.8, 4) is 5.75 Å². The molecule has 1 aromatic heterocycles. The van der Waals surface area contributed by atoms with E-state index in [9.17, 15) is 33.4 Å². The Hall–Kier alpha value is -4.56. The zero-order chi connectivity index (χ0) is 57.9. The van der Waals surface area contributed by atoms with Crippen LogP contribution in [0.2, 0.25) is 0 Å². The number of carbonyl (C=O) groups is 5. The van der Waals surface area contributed by atoms with Crippen LogP contribution in [-0.4, -0.2) is 77.7 Å². The molecule has 15 nitrogen and oxygen atoms in total. The van der Waals surface area contributed by atoms with Crippen LogP contribution in [0, 0.1) is 5.92 Å². The first-order chi connectivity index (χ1) is 38.8. The molecule has 452 valence electrons. The Morgan fingerprint density at radius 1 is 0.588 bits per heavy atom. The van der Waals surface area contributed by atoms with Gasteiger partial charge in [-0.15, -0.1) is 0 Å². The maximum absolute atomic E-state index is 13.5. The molecule has 1 unspecified atom stereocenters. The predicted molar refractivity (Wildman–Crippen MR) is 323 cm³/mol. The fourth-order valence-electron chi connectivity index (χ4n) is 9.90. The number of fused-ring (bicyclic) bond motifs is 1. The molecule has 2 aromatic carbocycles. The van der Waals surface area contributed by atoms with E-state index in [2.05, 4.69) is 40.1 Å². The Balaban J connectivity index is 1.43. The van der Waals surface area contributed by atoms with Crippen LogP contribution in [-0.2, 0) is 50.6 Å². The third-order valence-electron chi connectivity index (χ3n) is 15.1. The summed E-state index contributed by atoms with van der Waals surface area (Å²) in [7, 11) is -4.78. The SMILES string of the molecule is CCCCCCCCCCCCCCCCCCCC(=O)N[C@@H](COP(=O)(O)OCCNC(=O)[C@@H](NC(=O)Cc1c[nH]c2ccc(OCc3ccccc3)cc12)[C@@H](C)CC)C(=O)NCCC(=O)CCCCCCCCCCCCC. The summed E-state index contributed by atoms with van der Waals surface area (Å²) in [5.41, 5.74) is 2.61. The molecule has 0 spiro atoms. The van der Waals surface area contributed by atoms with E-state index in [0.717, 1.165) is 60.6 Å². The van der Waals surface area contributed by atoms with Gasteiger partial charge in [-0.1, -0.05) is 231 Å². The first kappa shape index (κ1) is 69.7. The lowest BCUT2D eigenvalue weighted by Crippen LogP contribution is -2.51. The van der Waals surface area contributed by atoms with Crippen molar-refractivity contribution < 1.29 is 47.2 Å². The maximum Gasteiger partial charge on any atom is 0.472 e. The first-order valence-corrected chi connectivity index (χ1v) is 32.9. The summed E-state index contributed by atoms with van der Waals surface area (Å²) in [4.78, 5) is 80.1. The number of Topliss-reactive ketones (excluding diaryl/α,β-unsaturated/α-hetero) is 1. The van der Waals surface area contributed by atoms with Crippen molar-refractivity contribution in [1.29, 1.82) is 0 Å². The number of ether oxygens (including phenoxy) is 1. The van der Waals surface area contributed by atoms with Gasteiger partial charge < -0.3 is 35.9 Å². The standard InChI is InChI=1S/C64H106N5O10P/c1-5-8-10-12-14-16-18-19-20-21-22-23-25-27-29-31-36-40-60(71)68-59(63(73)65-44-43-55(70)39-35-30-28-26-24-17-15-13-11-9-6-2)51-79-80(75,76)78-46-45-66-64(74)62(52(4)7-3)69-61(72)47-54-49-67-58-42-41-56(48-57(54)58)77-50-53-37-33-32-34-38-53/h32-34,37-38,41-42,48-49,52,59,62,67H,5-31,35-36,39-40,43-47,50-51H2,1-4H3,(H,65,73)(H,66,74)(H,68,71)(H,69,72)(H,75,76)/t52-,59-,62-/m0/s1. The van der Waals surface area contributed by atoms with Crippen LogP contribution in [0.25, 0.3) is 10.9 Å². The molecule has 80 heavy (non-hydrogen) atoms. The Morgan fingerprint density at radius 3 is 1.66 bits per heavy atom. The first-order valence-electron chi connectivity index (χ1n) is 31.4. The van der Waals surface area contributed by atoms with Crippen molar-refractivity contribution in [2.75, 3.05) is 26.3 Å². The molecule has 0 aliphatic carbocycles. The van der Waals surface area contributed by atoms with Crippen LogP contribution in [0.1, 0.15) is 244 Å². The fourth-order valence-corrected chi connectivity index (χ4v) is 10.6. The minimum absolute atomic E-state index is 0.00708. The van der Waals surface area contributed by atoms with Gasteiger partial charge in [-0.2, -0.15) is 0 Å². The minimum Gasteiger partial charge on any atom is -0.489 e. The molecule has 16 heteroatoms. The van der Waals surface area contributed by atoms with E-state index in [1.807, 2.05) is 62.4 Å². The van der Waals surface area contributed by atoms with Gasteiger partial charge in [-0.05, 0) is 48.1 Å². The van der Waals surface area contributed by atoms with E-state index in [1.165, 1.54) is 135 Å². The van der Waals surface area contributed by atoms with Gasteiger partial charge in [0.15, 0.2) is 0 Å². The van der Waals surface area contributed by atoms with Crippen LogP contribution in [0.4, 0.5) is 0 Å². The molecule has 0 aliphatic heterocycles. The van der Waals surface area contributed by atoms with Crippen molar-refractivity contribution in [2.45, 2.75) is 258 Å². The number of benzene rings is 2. The third kappa shape index (κ3) is 32.8. The summed E-state index contributed by atoms with van der Waals surface area (Å²) >= 11 is 0. The highest BCUT2D eigenvalue weighted by Crippen LogP contribution is 2.43. The predicted octanol–water partition coefficient (Wildman–Crippen LogP) is 14.4. The van der Waals surface area contributed by atoms with Crippen molar-refractivity contribution in [3.63, 3.8) is 0 Å². The molecule has 0 saturated heterocycles. The quantitative estimate of drug-likeness (QED) is 0.0232. The van der Waals surface area contributed by atoms with Crippen LogP contribution >= 0.6 is 7.82 Å². The van der Waals surface area contributed by atoms with Gasteiger partial charge in [0.05, 0.1) is 19.6 Å². The number of hydrogen-bond donors (Lipinski definition) is 6. The Bertz CT molecular complexity index is 2190. The highest BCUT2D eigenvalue weighted by molar-refractivity contribution is 7.47. The van der Waals surface area contributed by atoms with Crippen LogP contribution in [0.15, 0.2) is 54.7 Å². The summed E-state index contributed by atoms with van der Waals surface area (Å²) in [6.07, 6.45) is 37.0. The lowest BCUT2D eigenvalue weighted by molar-refractivity contribution is -0.130.